The third kappa shape index (κ3) is 3.90. The molecule has 2 atom stereocenters. The van der Waals surface area contributed by atoms with Gasteiger partial charge in [-0.15, -0.1) is 0 Å². The van der Waals surface area contributed by atoms with Gasteiger partial charge in [0.15, 0.2) is 0 Å². The lowest BCUT2D eigenvalue weighted by Gasteiger charge is -2.29. The highest BCUT2D eigenvalue weighted by Gasteiger charge is 2.24. The molecule has 0 saturated carbocycles. The third-order valence-electron chi connectivity index (χ3n) is 5.24. The third-order valence-corrected chi connectivity index (χ3v) is 5.24. The van der Waals surface area contributed by atoms with Crippen molar-refractivity contribution in [3.8, 4) is 0 Å². The van der Waals surface area contributed by atoms with Crippen molar-refractivity contribution in [3.05, 3.63) is 113 Å². The molecule has 2 aromatic rings. The van der Waals surface area contributed by atoms with Crippen LogP contribution in [0.2, 0.25) is 0 Å². The fraction of sp³-hybridized carbons (Fsp3) is 0.200. The minimum Gasteiger partial charge on any atom is -0.508 e. The van der Waals surface area contributed by atoms with Crippen LogP contribution in [-0.2, 0) is 0 Å². The van der Waals surface area contributed by atoms with Crippen molar-refractivity contribution in [3.63, 3.8) is 0 Å². The van der Waals surface area contributed by atoms with Gasteiger partial charge in [-0.25, -0.2) is 0 Å². The maximum atomic E-state index is 10.3. The predicted octanol–water partition coefficient (Wildman–Crippen LogP) is 6.22. The van der Waals surface area contributed by atoms with Gasteiger partial charge >= 0.3 is 0 Å². The largest absolute Gasteiger partial charge is 0.508 e. The minimum absolute atomic E-state index is 0.116. The lowest BCUT2D eigenvalue weighted by Crippen LogP contribution is -2.27. The monoisotopic (exact) mass is 355 g/mol. The van der Waals surface area contributed by atoms with E-state index in [1.54, 1.807) is 0 Å². The van der Waals surface area contributed by atoms with Crippen molar-refractivity contribution in [1.82, 2.24) is 0 Å². The first-order valence-corrected chi connectivity index (χ1v) is 9.59. The number of hydrogen-bond acceptors (Lipinski definition) is 2. The van der Waals surface area contributed by atoms with Gasteiger partial charge in [0.25, 0.3) is 0 Å². The second-order valence-corrected chi connectivity index (χ2v) is 7.24. The van der Waals surface area contributed by atoms with E-state index in [1.807, 2.05) is 6.08 Å². The Balaban J connectivity index is 1.67. The van der Waals surface area contributed by atoms with Crippen molar-refractivity contribution < 1.29 is 5.11 Å². The first kappa shape index (κ1) is 17.4. The van der Waals surface area contributed by atoms with Crippen LogP contribution in [0.5, 0.6) is 0 Å². The molecule has 0 heterocycles. The van der Waals surface area contributed by atoms with Crippen LogP contribution in [0, 0.1) is 6.92 Å². The number of hydrogen-bond donors (Lipinski definition) is 2. The molecule has 0 aliphatic heterocycles. The molecule has 4 rings (SSSR count). The molecule has 0 aromatic heterocycles. The van der Waals surface area contributed by atoms with Gasteiger partial charge < -0.3 is 10.4 Å². The Morgan fingerprint density at radius 1 is 0.926 bits per heavy atom. The number of benzene rings is 2. The molecule has 0 spiro atoms. The molecule has 0 amide bonds. The van der Waals surface area contributed by atoms with Gasteiger partial charge in [-0.1, -0.05) is 72.3 Å². The first-order valence-electron chi connectivity index (χ1n) is 9.59. The minimum atomic E-state index is 0.116. The highest BCUT2D eigenvalue weighted by molar-refractivity contribution is 5.56. The number of allylic oxidation sites excluding steroid dienone is 4. The lowest BCUT2D eigenvalue weighted by atomic mass is 9.83. The second kappa shape index (κ2) is 7.71. The van der Waals surface area contributed by atoms with E-state index in [1.165, 1.54) is 11.1 Å². The molecular weight excluding hydrogens is 330 g/mol. The number of aliphatic hydroxyl groups is 1. The van der Waals surface area contributed by atoms with Crippen LogP contribution in [0.1, 0.15) is 29.9 Å². The molecule has 27 heavy (non-hydrogen) atoms. The Morgan fingerprint density at radius 3 is 2.41 bits per heavy atom. The maximum Gasteiger partial charge on any atom is 0.119 e. The fourth-order valence-corrected chi connectivity index (χ4v) is 3.75. The normalized spacial score (nSPS) is 21.9. The van der Waals surface area contributed by atoms with Crippen molar-refractivity contribution in [2.75, 3.05) is 5.32 Å². The summed E-state index contributed by atoms with van der Waals surface area (Å²) in [6, 6.07) is 19.2. The number of rotatable bonds is 4. The van der Waals surface area contributed by atoms with E-state index < -0.39 is 0 Å². The lowest BCUT2D eigenvalue weighted by molar-refractivity contribution is 0.419. The summed E-state index contributed by atoms with van der Waals surface area (Å²) in [7, 11) is 0. The Kier molecular flexibility index (Phi) is 4.97. The summed E-state index contributed by atoms with van der Waals surface area (Å²) >= 11 is 0. The number of nitrogens with one attached hydrogen (secondary N) is 1. The van der Waals surface area contributed by atoms with Crippen LogP contribution in [0.3, 0.4) is 0 Å². The highest BCUT2D eigenvalue weighted by Crippen LogP contribution is 2.34. The zero-order valence-corrected chi connectivity index (χ0v) is 15.6. The summed E-state index contributed by atoms with van der Waals surface area (Å²) in [4.78, 5) is 0. The molecule has 2 N–H and O–H groups in total. The van der Waals surface area contributed by atoms with Gasteiger partial charge in [-0.3, -0.25) is 0 Å². The zero-order valence-electron chi connectivity index (χ0n) is 15.6. The van der Waals surface area contributed by atoms with Crippen molar-refractivity contribution in [2.24, 2.45) is 0 Å². The van der Waals surface area contributed by atoms with E-state index in [0.29, 0.717) is 5.76 Å². The average Bonchev–Trinajstić information content (AvgIpc) is 2.71. The van der Waals surface area contributed by atoms with Gasteiger partial charge in [-0.05, 0) is 49.1 Å². The molecule has 0 saturated heterocycles. The summed E-state index contributed by atoms with van der Waals surface area (Å²) in [5.41, 5.74) is 5.67. The van der Waals surface area contributed by atoms with E-state index in [-0.39, 0.29) is 12.0 Å². The van der Waals surface area contributed by atoms with Crippen LogP contribution in [-0.4, -0.2) is 11.1 Å². The number of anilines is 1. The molecule has 2 aliphatic carbocycles. The summed E-state index contributed by atoms with van der Waals surface area (Å²) in [5, 5.41) is 14.0. The molecule has 2 aromatic carbocycles. The average molecular weight is 355 g/mol. The van der Waals surface area contributed by atoms with Crippen LogP contribution in [0.4, 0.5) is 5.69 Å². The quantitative estimate of drug-likeness (QED) is 0.682. The van der Waals surface area contributed by atoms with Crippen LogP contribution >= 0.6 is 0 Å². The molecule has 0 radical (unpaired) electrons. The molecule has 136 valence electrons. The summed E-state index contributed by atoms with van der Waals surface area (Å²) in [6.45, 7) is 2.10. The highest BCUT2D eigenvalue weighted by atomic mass is 16.3. The Morgan fingerprint density at radius 2 is 1.67 bits per heavy atom. The molecule has 1 unspecified atom stereocenters. The molecule has 2 nitrogen and oxygen atoms in total. The molecule has 2 aliphatic rings. The molecule has 0 bridgehead atoms. The SMILES string of the molecule is Cc1ccc(N[C@H]2C=C(C3=CCCC=C3O)C=CC2c2ccccc2)cc1. The first-order chi connectivity index (χ1) is 13.2. The molecule has 0 fully saturated rings. The van der Waals surface area contributed by atoms with Gasteiger partial charge in [0, 0.05) is 17.2 Å². The molecule has 2 heteroatoms. The standard InChI is InChI=1S/C25H25NO/c1-18-11-14-21(15-12-18)26-24-17-20(23-9-5-6-10-25(23)27)13-16-22(24)19-7-3-2-4-8-19/h2-4,7-17,22,24,26-27H,5-6H2,1H3/t22?,24-/m0/s1. The van der Waals surface area contributed by atoms with Crippen molar-refractivity contribution in [2.45, 2.75) is 31.7 Å². The van der Waals surface area contributed by atoms with Crippen molar-refractivity contribution in [1.29, 1.82) is 0 Å². The topological polar surface area (TPSA) is 32.3 Å². The fourth-order valence-electron chi connectivity index (χ4n) is 3.75. The number of aryl methyl sites for hydroxylation is 1. The van der Waals surface area contributed by atoms with Gasteiger partial charge in [0.05, 0.1) is 6.04 Å². The van der Waals surface area contributed by atoms with Crippen LogP contribution < -0.4 is 5.32 Å². The van der Waals surface area contributed by atoms with E-state index in [2.05, 4.69) is 91.1 Å². The Hall–Kier alpha value is -3.00. The second-order valence-electron chi connectivity index (χ2n) is 7.24. The summed E-state index contributed by atoms with van der Waals surface area (Å²) < 4.78 is 0. The predicted molar refractivity (Wildman–Crippen MR) is 113 cm³/mol. The van der Waals surface area contributed by atoms with E-state index >= 15 is 0 Å². The van der Waals surface area contributed by atoms with E-state index in [4.69, 9.17) is 0 Å². The number of aliphatic hydroxyl groups excluding tert-OH is 1. The Bertz CT molecular complexity index is 917. The van der Waals surface area contributed by atoms with Crippen LogP contribution in [0.15, 0.2) is 102 Å². The van der Waals surface area contributed by atoms with Crippen LogP contribution in [0.25, 0.3) is 0 Å². The Labute approximate surface area is 161 Å². The summed E-state index contributed by atoms with van der Waals surface area (Å²) in [6.07, 6.45) is 12.6. The van der Waals surface area contributed by atoms with Gasteiger partial charge in [-0.2, -0.15) is 0 Å². The maximum absolute atomic E-state index is 10.3. The van der Waals surface area contributed by atoms with Crippen molar-refractivity contribution >= 4 is 5.69 Å². The van der Waals surface area contributed by atoms with Gasteiger partial charge in [0.2, 0.25) is 0 Å². The van der Waals surface area contributed by atoms with E-state index in [0.717, 1.165) is 29.7 Å². The van der Waals surface area contributed by atoms with E-state index in [9.17, 15) is 5.11 Å². The smallest absolute Gasteiger partial charge is 0.119 e. The zero-order chi connectivity index (χ0) is 18.6. The summed E-state index contributed by atoms with van der Waals surface area (Å²) in [5.74, 6) is 0.635. The van der Waals surface area contributed by atoms with Gasteiger partial charge in [0.1, 0.15) is 5.76 Å². The molecular formula is C25H25NO.